The van der Waals surface area contributed by atoms with E-state index in [9.17, 15) is 14.4 Å². The fourth-order valence-corrected chi connectivity index (χ4v) is 3.89. The van der Waals surface area contributed by atoms with Gasteiger partial charge in [-0.15, -0.1) is 0 Å². The Morgan fingerprint density at radius 1 is 1.00 bits per heavy atom. The van der Waals surface area contributed by atoms with Gasteiger partial charge in [0.25, 0.3) is 5.91 Å². The predicted molar refractivity (Wildman–Crippen MR) is 129 cm³/mol. The largest absolute Gasteiger partial charge is 0.489 e. The third-order valence-electron chi connectivity index (χ3n) is 5.74. The molecule has 0 spiro atoms. The van der Waals surface area contributed by atoms with E-state index in [0.717, 1.165) is 5.56 Å². The quantitative estimate of drug-likeness (QED) is 0.409. The van der Waals surface area contributed by atoms with Gasteiger partial charge in [-0.05, 0) is 63.4 Å². The Balaban J connectivity index is 1.63. The fourth-order valence-electron chi connectivity index (χ4n) is 3.89. The summed E-state index contributed by atoms with van der Waals surface area (Å²) in [6, 6.07) is 16.5. The number of nitrogens with zero attached hydrogens (tertiary/aromatic N) is 1. The van der Waals surface area contributed by atoms with Crippen LogP contribution in [0.4, 0.5) is 4.79 Å². The molecule has 0 radical (unpaired) electrons. The van der Waals surface area contributed by atoms with Gasteiger partial charge in [-0.3, -0.25) is 14.8 Å². The first kappa shape index (κ1) is 26.0. The molecule has 1 heterocycles. The van der Waals surface area contributed by atoms with E-state index in [2.05, 4.69) is 5.32 Å². The zero-order valence-corrected chi connectivity index (χ0v) is 20.4. The number of rotatable bonds is 7. The Labute approximate surface area is 205 Å². The van der Waals surface area contributed by atoms with E-state index in [1.165, 1.54) is 0 Å². The fraction of sp³-hybridized carbons (Fsp3) is 0.423. The number of nitrogens with one attached hydrogen (secondary N) is 2. The summed E-state index contributed by atoms with van der Waals surface area (Å²) in [6.07, 6.45) is 0.123. The lowest BCUT2D eigenvalue weighted by Gasteiger charge is -2.42. The van der Waals surface area contributed by atoms with Crippen LogP contribution >= 0.6 is 0 Å². The topological polar surface area (TPSA) is 117 Å². The Hall–Kier alpha value is -3.59. The summed E-state index contributed by atoms with van der Waals surface area (Å²) < 4.78 is 11.2. The molecule has 9 nitrogen and oxygen atoms in total. The van der Waals surface area contributed by atoms with Crippen molar-refractivity contribution in [1.82, 2.24) is 15.7 Å². The molecule has 3 N–H and O–H groups in total. The molecule has 0 aliphatic carbocycles. The second-order valence-electron chi connectivity index (χ2n) is 9.71. The van der Waals surface area contributed by atoms with Crippen LogP contribution in [0.1, 0.15) is 56.0 Å². The lowest BCUT2D eigenvalue weighted by atomic mass is 9.83. The molecule has 9 heteroatoms. The Morgan fingerprint density at radius 2 is 1.63 bits per heavy atom. The highest BCUT2D eigenvalue weighted by Crippen LogP contribution is 2.28. The van der Waals surface area contributed by atoms with E-state index in [4.69, 9.17) is 14.7 Å². The molecule has 1 saturated heterocycles. The number of ether oxygens (including phenoxy) is 2. The first-order valence-electron chi connectivity index (χ1n) is 11.6. The van der Waals surface area contributed by atoms with Gasteiger partial charge in [0.05, 0.1) is 12.0 Å². The summed E-state index contributed by atoms with van der Waals surface area (Å²) >= 11 is 0. The van der Waals surface area contributed by atoms with Crippen molar-refractivity contribution in [1.29, 1.82) is 0 Å². The van der Waals surface area contributed by atoms with Crippen molar-refractivity contribution in [2.45, 2.75) is 57.8 Å². The number of carbonyl (C=O) groups excluding carboxylic acids is 3. The zero-order chi connectivity index (χ0) is 25.5. The molecule has 0 atom stereocenters. The minimum atomic E-state index is -0.912. The number of piperidine rings is 1. The number of likely N-dealkylation sites (tertiary alicyclic amines) is 1. The molecule has 1 fully saturated rings. The molecule has 2 aromatic carbocycles. The van der Waals surface area contributed by atoms with Crippen molar-refractivity contribution in [2.75, 3.05) is 13.1 Å². The molecule has 35 heavy (non-hydrogen) atoms. The molecule has 188 valence electrons. The highest BCUT2D eigenvalue weighted by atomic mass is 16.6. The maximum Gasteiger partial charge on any atom is 0.410 e. The Bertz CT molecular complexity index is 1010. The van der Waals surface area contributed by atoms with Crippen molar-refractivity contribution in [2.24, 2.45) is 0 Å². The van der Waals surface area contributed by atoms with Crippen molar-refractivity contribution in [3.8, 4) is 5.75 Å². The van der Waals surface area contributed by atoms with Crippen LogP contribution in [0.5, 0.6) is 5.75 Å². The van der Waals surface area contributed by atoms with Crippen LogP contribution in [0.2, 0.25) is 0 Å². The SMILES string of the molecule is CC(C)(C)OC(=O)N1CCC(CC(=O)NO)(NC(=O)c2ccc(OCc3ccccc3)cc2)CC1. The second kappa shape index (κ2) is 11.2. The second-order valence-corrected chi connectivity index (χ2v) is 9.71. The van der Waals surface area contributed by atoms with Gasteiger partial charge in [-0.2, -0.15) is 0 Å². The molecule has 3 amide bonds. The molecule has 1 aliphatic rings. The van der Waals surface area contributed by atoms with E-state index in [0.29, 0.717) is 43.9 Å². The lowest BCUT2D eigenvalue weighted by Crippen LogP contribution is -2.58. The first-order chi connectivity index (χ1) is 16.6. The van der Waals surface area contributed by atoms with E-state index in [-0.39, 0.29) is 12.3 Å². The van der Waals surface area contributed by atoms with Crippen molar-refractivity contribution >= 4 is 17.9 Å². The summed E-state index contributed by atoms with van der Waals surface area (Å²) in [5, 5.41) is 12.0. The van der Waals surface area contributed by atoms with Gasteiger partial charge < -0.3 is 19.7 Å². The van der Waals surface area contributed by atoms with Crippen molar-refractivity contribution < 1.29 is 29.1 Å². The van der Waals surface area contributed by atoms with Crippen LogP contribution in [-0.2, 0) is 16.1 Å². The molecule has 3 rings (SSSR count). The maximum absolute atomic E-state index is 13.0. The third kappa shape index (κ3) is 7.71. The van der Waals surface area contributed by atoms with Gasteiger partial charge in [0.15, 0.2) is 0 Å². The van der Waals surface area contributed by atoms with Gasteiger partial charge in [0.2, 0.25) is 5.91 Å². The van der Waals surface area contributed by atoms with Gasteiger partial charge in [-0.1, -0.05) is 30.3 Å². The molecule has 0 saturated carbocycles. The normalized spacial score (nSPS) is 15.1. The molecule has 2 aromatic rings. The summed E-state index contributed by atoms with van der Waals surface area (Å²) in [4.78, 5) is 39.0. The van der Waals surface area contributed by atoms with Gasteiger partial charge in [0.1, 0.15) is 18.0 Å². The van der Waals surface area contributed by atoms with E-state index in [1.807, 2.05) is 30.3 Å². The number of amides is 3. The molecular weight excluding hydrogens is 450 g/mol. The Kier molecular flexibility index (Phi) is 8.34. The smallest absolute Gasteiger partial charge is 0.410 e. The number of carbonyl (C=O) groups is 3. The van der Waals surface area contributed by atoms with Crippen LogP contribution < -0.4 is 15.5 Å². The van der Waals surface area contributed by atoms with Crippen LogP contribution in [-0.4, -0.2) is 52.2 Å². The average Bonchev–Trinajstić information content (AvgIpc) is 2.83. The van der Waals surface area contributed by atoms with Crippen LogP contribution in [0, 0.1) is 0 Å². The number of hydrogen-bond donors (Lipinski definition) is 3. The maximum atomic E-state index is 13.0. The standard InChI is InChI=1S/C26H33N3O6/c1-25(2,3)35-24(32)29-15-13-26(14-16-29,17-22(30)28-33)27-23(31)20-9-11-21(12-10-20)34-18-19-7-5-4-6-8-19/h4-12,33H,13-18H2,1-3H3,(H,27,31)(H,28,30). The molecule has 0 aromatic heterocycles. The van der Waals surface area contributed by atoms with Crippen LogP contribution in [0.25, 0.3) is 0 Å². The number of hydrogen-bond acceptors (Lipinski definition) is 6. The van der Waals surface area contributed by atoms with Crippen molar-refractivity contribution in [3.63, 3.8) is 0 Å². The van der Waals surface area contributed by atoms with Gasteiger partial charge >= 0.3 is 6.09 Å². The minimum Gasteiger partial charge on any atom is -0.489 e. The zero-order valence-electron chi connectivity index (χ0n) is 20.4. The molecular formula is C26H33N3O6. The van der Waals surface area contributed by atoms with E-state index < -0.39 is 23.1 Å². The Morgan fingerprint density at radius 3 is 2.20 bits per heavy atom. The van der Waals surface area contributed by atoms with E-state index in [1.54, 1.807) is 55.4 Å². The first-order valence-corrected chi connectivity index (χ1v) is 11.6. The minimum absolute atomic E-state index is 0.115. The van der Waals surface area contributed by atoms with Crippen LogP contribution in [0.3, 0.4) is 0 Å². The molecule has 0 unspecified atom stereocenters. The monoisotopic (exact) mass is 483 g/mol. The highest BCUT2D eigenvalue weighted by Gasteiger charge is 2.40. The third-order valence-corrected chi connectivity index (χ3v) is 5.74. The van der Waals surface area contributed by atoms with Crippen molar-refractivity contribution in [3.05, 3.63) is 65.7 Å². The summed E-state index contributed by atoms with van der Waals surface area (Å²) in [7, 11) is 0. The summed E-state index contributed by atoms with van der Waals surface area (Å²) in [5.41, 5.74) is 1.56. The van der Waals surface area contributed by atoms with Crippen LogP contribution in [0.15, 0.2) is 54.6 Å². The number of benzene rings is 2. The molecule has 1 aliphatic heterocycles. The number of hydroxylamine groups is 1. The van der Waals surface area contributed by atoms with Gasteiger partial charge in [0, 0.05) is 18.7 Å². The average molecular weight is 484 g/mol. The molecule has 0 bridgehead atoms. The summed E-state index contributed by atoms with van der Waals surface area (Å²) in [6.45, 7) is 6.41. The summed E-state index contributed by atoms with van der Waals surface area (Å²) in [5.74, 6) is -0.331. The van der Waals surface area contributed by atoms with E-state index >= 15 is 0 Å². The highest BCUT2D eigenvalue weighted by molar-refractivity contribution is 5.95. The lowest BCUT2D eigenvalue weighted by molar-refractivity contribution is -0.131. The predicted octanol–water partition coefficient (Wildman–Crippen LogP) is 3.66. The van der Waals surface area contributed by atoms with Gasteiger partial charge in [-0.25, -0.2) is 10.3 Å².